The summed E-state index contributed by atoms with van der Waals surface area (Å²) in [5.41, 5.74) is 1.23. The minimum atomic E-state index is -0.206. The Kier molecular flexibility index (Phi) is 8.00. The standard InChI is InChI=1S/C21H29N3O3/c1-24(18-7-5-4-6-8-18)21(25)17(14-22)15-23-12-11-16-9-10-19(26-2)20(13-16)27-3/h9-10,13,15,18,23H,4-8,11-12H2,1-3H3/b17-15-. The number of benzene rings is 1. The number of rotatable bonds is 8. The van der Waals surface area contributed by atoms with Crippen LogP contribution >= 0.6 is 0 Å². The lowest BCUT2D eigenvalue weighted by atomic mass is 9.94. The Morgan fingerprint density at radius 1 is 1.26 bits per heavy atom. The highest BCUT2D eigenvalue weighted by Crippen LogP contribution is 2.27. The normalized spacial score (nSPS) is 15.0. The molecule has 27 heavy (non-hydrogen) atoms. The van der Waals surface area contributed by atoms with Crippen LogP contribution in [0.3, 0.4) is 0 Å². The lowest BCUT2D eigenvalue weighted by Gasteiger charge is -2.31. The number of hydrogen-bond acceptors (Lipinski definition) is 5. The van der Waals surface area contributed by atoms with E-state index in [0.717, 1.165) is 37.7 Å². The Hall–Kier alpha value is -2.68. The van der Waals surface area contributed by atoms with Crippen molar-refractivity contribution in [3.8, 4) is 17.6 Å². The fourth-order valence-corrected chi connectivity index (χ4v) is 3.39. The number of carbonyl (C=O) groups excluding carboxylic acids is 1. The summed E-state index contributed by atoms with van der Waals surface area (Å²) >= 11 is 0. The third-order valence-electron chi connectivity index (χ3n) is 5.05. The summed E-state index contributed by atoms with van der Waals surface area (Å²) in [6.07, 6.45) is 7.85. The topological polar surface area (TPSA) is 74.6 Å². The maximum atomic E-state index is 12.6. The summed E-state index contributed by atoms with van der Waals surface area (Å²) in [4.78, 5) is 14.3. The largest absolute Gasteiger partial charge is 0.493 e. The van der Waals surface area contributed by atoms with Crippen LogP contribution in [0.25, 0.3) is 0 Å². The second-order valence-electron chi connectivity index (χ2n) is 6.77. The Bertz CT molecular complexity index is 703. The average molecular weight is 371 g/mol. The van der Waals surface area contributed by atoms with Crippen LogP contribution in [-0.2, 0) is 11.2 Å². The molecule has 6 heteroatoms. The number of amides is 1. The zero-order chi connectivity index (χ0) is 19.6. The zero-order valence-electron chi connectivity index (χ0n) is 16.5. The molecule has 1 fully saturated rings. The number of nitriles is 1. The summed E-state index contributed by atoms with van der Waals surface area (Å²) in [6.45, 7) is 0.612. The van der Waals surface area contributed by atoms with E-state index < -0.39 is 0 Å². The van der Waals surface area contributed by atoms with Crippen LogP contribution in [0.15, 0.2) is 30.0 Å². The number of likely N-dealkylation sites (N-methyl/N-ethyl adjacent to an activating group) is 1. The summed E-state index contributed by atoms with van der Waals surface area (Å²) < 4.78 is 10.5. The molecule has 0 unspecified atom stereocenters. The van der Waals surface area contributed by atoms with E-state index in [2.05, 4.69) is 5.32 Å². The van der Waals surface area contributed by atoms with Crippen LogP contribution in [0.1, 0.15) is 37.7 Å². The molecule has 1 N–H and O–H groups in total. The molecule has 0 heterocycles. The zero-order valence-corrected chi connectivity index (χ0v) is 16.5. The second kappa shape index (κ2) is 10.5. The van der Waals surface area contributed by atoms with E-state index >= 15 is 0 Å². The molecule has 1 amide bonds. The molecule has 146 valence electrons. The van der Waals surface area contributed by atoms with Gasteiger partial charge in [-0.1, -0.05) is 25.3 Å². The maximum absolute atomic E-state index is 12.6. The van der Waals surface area contributed by atoms with E-state index in [-0.39, 0.29) is 17.5 Å². The van der Waals surface area contributed by atoms with Gasteiger partial charge in [0.15, 0.2) is 11.5 Å². The maximum Gasteiger partial charge on any atom is 0.265 e. The van der Waals surface area contributed by atoms with Gasteiger partial charge in [0.25, 0.3) is 5.91 Å². The smallest absolute Gasteiger partial charge is 0.265 e. The molecule has 2 rings (SSSR count). The summed E-state index contributed by atoms with van der Waals surface area (Å²) in [6, 6.07) is 8.04. The van der Waals surface area contributed by atoms with Crippen LogP contribution in [0.5, 0.6) is 11.5 Å². The molecule has 1 aliphatic rings. The number of nitrogens with zero attached hydrogens (tertiary/aromatic N) is 2. The predicted octanol–water partition coefficient (Wildman–Crippen LogP) is 3.03. The first-order valence-electron chi connectivity index (χ1n) is 9.42. The Labute approximate surface area is 161 Å². The highest BCUT2D eigenvalue weighted by Gasteiger charge is 2.24. The summed E-state index contributed by atoms with van der Waals surface area (Å²) in [7, 11) is 5.01. The number of hydrogen-bond donors (Lipinski definition) is 1. The molecule has 0 bridgehead atoms. The molecule has 1 saturated carbocycles. The first-order chi connectivity index (χ1) is 13.1. The molecular formula is C21H29N3O3. The van der Waals surface area contributed by atoms with Gasteiger partial charge in [-0.25, -0.2) is 0 Å². The summed E-state index contributed by atoms with van der Waals surface area (Å²) in [5, 5.41) is 12.4. The van der Waals surface area contributed by atoms with Crippen LogP contribution < -0.4 is 14.8 Å². The number of nitrogens with one attached hydrogen (secondary N) is 1. The Morgan fingerprint density at radius 3 is 2.59 bits per heavy atom. The van der Waals surface area contributed by atoms with Crippen molar-refractivity contribution in [2.45, 2.75) is 44.6 Å². The van der Waals surface area contributed by atoms with Crippen molar-refractivity contribution in [1.82, 2.24) is 10.2 Å². The average Bonchev–Trinajstić information content (AvgIpc) is 2.73. The Morgan fingerprint density at radius 2 is 1.96 bits per heavy atom. The molecule has 1 aromatic carbocycles. The van der Waals surface area contributed by atoms with Crippen molar-refractivity contribution in [3.63, 3.8) is 0 Å². The molecule has 0 aliphatic heterocycles. The van der Waals surface area contributed by atoms with E-state index in [1.165, 1.54) is 12.6 Å². The monoisotopic (exact) mass is 371 g/mol. The van der Waals surface area contributed by atoms with Gasteiger partial charge < -0.3 is 19.7 Å². The minimum Gasteiger partial charge on any atom is -0.493 e. The van der Waals surface area contributed by atoms with Crippen molar-refractivity contribution in [2.75, 3.05) is 27.8 Å². The van der Waals surface area contributed by atoms with Crippen LogP contribution in [0, 0.1) is 11.3 Å². The van der Waals surface area contributed by atoms with Gasteiger partial charge in [0.05, 0.1) is 14.2 Å². The van der Waals surface area contributed by atoms with Gasteiger partial charge in [0, 0.05) is 25.8 Å². The molecule has 1 aromatic rings. The highest BCUT2D eigenvalue weighted by atomic mass is 16.5. The number of methoxy groups -OCH3 is 2. The lowest BCUT2D eigenvalue weighted by Crippen LogP contribution is -2.39. The van der Waals surface area contributed by atoms with E-state index in [4.69, 9.17) is 9.47 Å². The third-order valence-corrected chi connectivity index (χ3v) is 5.05. The van der Waals surface area contributed by atoms with Crippen molar-refractivity contribution >= 4 is 5.91 Å². The Balaban J connectivity index is 1.89. The number of ether oxygens (including phenoxy) is 2. The van der Waals surface area contributed by atoms with Gasteiger partial charge in [-0.15, -0.1) is 0 Å². The molecule has 6 nitrogen and oxygen atoms in total. The summed E-state index contributed by atoms with van der Waals surface area (Å²) in [5.74, 6) is 1.17. The van der Waals surface area contributed by atoms with Crippen molar-refractivity contribution in [2.24, 2.45) is 0 Å². The molecule has 0 aromatic heterocycles. The first kappa shape index (κ1) is 20.6. The number of carbonyl (C=O) groups is 1. The van der Waals surface area contributed by atoms with Crippen LogP contribution in [0.4, 0.5) is 0 Å². The lowest BCUT2D eigenvalue weighted by molar-refractivity contribution is -0.128. The first-order valence-corrected chi connectivity index (χ1v) is 9.42. The quantitative estimate of drug-likeness (QED) is 0.432. The van der Waals surface area contributed by atoms with E-state index in [0.29, 0.717) is 18.0 Å². The fraction of sp³-hybridized carbons (Fsp3) is 0.524. The van der Waals surface area contributed by atoms with E-state index in [1.807, 2.05) is 24.3 Å². The van der Waals surface area contributed by atoms with Gasteiger partial charge in [-0.3, -0.25) is 4.79 Å². The molecule has 0 radical (unpaired) electrons. The van der Waals surface area contributed by atoms with Crippen LogP contribution in [-0.4, -0.2) is 44.7 Å². The second-order valence-corrected chi connectivity index (χ2v) is 6.77. The van der Waals surface area contributed by atoms with Gasteiger partial charge in [0.1, 0.15) is 11.6 Å². The van der Waals surface area contributed by atoms with E-state index in [9.17, 15) is 10.1 Å². The van der Waals surface area contributed by atoms with Gasteiger partial charge in [0.2, 0.25) is 0 Å². The molecule has 0 spiro atoms. The SMILES string of the molecule is COc1ccc(CCN/C=C(/C#N)C(=O)N(C)C2CCCCC2)cc1OC. The third kappa shape index (κ3) is 5.65. The molecule has 0 saturated heterocycles. The van der Waals surface area contributed by atoms with Crippen molar-refractivity contribution in [1.29, 1.82) is 5.26 Å². The van der Waals surface area contributed by atoms with Gasteiger partial charge in [-0.2, -0.15) is 5.26 Å². The highest BCUT2D eigenvalue weighted by molar-refractivity contribution is 5.97. The molecule has 0 atom stereocenters. The van der Waals surface area contributed by atoms with Gasteiger partial charge in [-0.05, 0) is 37.0 Å². The van der Waals surface area contributed by atoms with Gasteiger partial charge >= 0.3 is 0 Å². The van der Waals surface area contributed by atoms with Crippen LogP contribution in [0.2, 0.25) is 0 Å². The molecular weight excluding hydrogens is 342 g/mol. The van der Waals surface area contributed by atoms with E-state index in [1.54, 1.807) is 26.2 Å². The van der Waals surface area contributed by atoms with Crippen molar-refractivity contribution in [3.05, 3.63) is 35.5 Å². The minimum absolute atomic E-state index is 0.149. The fourth-order valence-electron chi connectivity index (χ4n) is 3.39. The van der Waals surface area contributed by atoms with Crippen molar-refractivity contribution < 1.29 is 14.3 Å². The molecule has 1 aliphatic carbocycles. The predicted molar refractivity (Wildman–Crippen MR) is 105 cm³/mol.